The number of amides is 1. The molecule has 1 fully saturated rings. The van der Waals surface area contributed by atoms with Crippen LogP contribution in [0.4, 0.5) is 0 Å². The summed E-state index contributed by atoms with van der Waals surface area (Å²) in [6.07, 6.45) is 4.72. The van der Waals surface area contributed by atoms with Crippen molar-refractivity contribution in [3.8, 4) is 0 Å². The molecule has 1 N–H and O–H groups in total. The van der Waals surface area contributed by atoms with Crippen molar-refractivity contribution in [1.29, 1.82) is 0 Å². The summed E-state index contributed by atoms with van der Waals surface area (Å²) in [7, 11) is 0. The Hall–Kier alpha value is -1.39. The van der Waals surface area contributed by atoms with E-state index < -0.39 is 0 Å². The lowest BCUT2D eigenvalue weighted by Gasteiger charge is -2.29. The predicted molar refractivity (Wildman–Crippen MR) is 104 cm³/mol. The molecule has 2 atom stereocenters. The Labute approximate surface area is 158 Å². The molecule has 2 aromatic rings. The Balaban J connectivity index is 1.48. The fourth-order valence-corrected chi connectivity index (χ4v) is 4.21. The van der Waals surface area contributed by atoms with Crippen LogP contribution < -0.4 is 5.32 Å². The molecule has 0 bridgehead atoms. The number of thioether (sulfide) groups is 1. The van der Waals surface area contributed by atoms with E-state index in [9.17, 15) is 4.79 Å². The molecule has 1 heterocycles. The van der Waals surface area contributed by atoms with Gasteiger partial charge in [-0.2, -0.15) is 0 Å². The highest BCUT2D eigenvalue weighted by atomic mass is 35.5. The predicted octanol–water partition coefficient (Wildman–Crippen LogP) is 5.67. The maximum absolute atomic E-state index is 12.4. The van der Waals surface area contributed by atoms with Crippen molar-refractivity contribution in [2.75, 3.05) is 0 Å². The van der Waals surface area contributed by atoms with E-state index in [2.05, 4.69) is 12.2 Å². The molecule has 134 valence electrons. The first-order valence-corrected chi connectivity index (χ1v) is 10.4. The van der Waals surface area contributed by atoms with Crippen LogP contribution in [0.1, 0.15) is 54.5 Å². The maximum Gasteiger partial charge on any atom is 0.287 e. The van der Waals surface area contributed by atoms with Gasteiger partial charge < -0.3 is 9.73 Å². The second-order valence-electron chi connectivity index (χ2n) is 6.73. The SMILES string of the molecule is C[C@H]1CCCC[C@@H]1NC(=O)c1ccc(CSCc2ccc(Cl)cc2)o1. The molecular weight excluding hydrogens is 354 g/mol. The zero-order valence-corrected chi connectivity index (χ0v) is 16.0. The smallest absolute Gasteiger partial charge is 0.287 e. The van der Waals surface area contributed by atoms with Gasteiger partial charge in [0.05, 0.1) is 5.75 Å². The third-order valence-electron chi connectivity index (χ3n) is 4.74. The van der Waals surface area contributed by atoms with Gasteiger partial charge in [-0.15, -0.1) is 11.8 Å². The monoisotopic (exact) mass is 377 g/mol. The van der Waals surface area contributed by atoms with Gasteiger partial charge in [0.25, 0.3) is 5.91 Å². The first kappa shape index (κ1) is 18.4. The number of rotatable bonds is 6. The van der Waals surface area contributed by atoms with Gasteiger partial charge in [-0.1, -0.05) is 43.5 Å². The topological polar surface area (TPSA) is 42.2 Å². The van der Waals surface area contributed by atoms with Crippen molar-refractivity contribution < 1.29 is 9.21 Å². The Morgan fingerprint density at radius 2 is 1.92 bits per heavy atom. The highest BCUT2D eigenvalue weighted by Gasteiger charge is 2.24. The molecule has 1 aromatic heterocycles. The Kier molecular flexibility index (Phi) is 6.49. The van der Waals surface area contributed by atoms with Gasteiger partial charge in [0, 0.05) is 16.8 Å². The zero-order valence-electron chi connectivity index (χ0n) is 14.5. The van der Waals surface area contributed by atoms with Gasteiger partial charge in [0.1, 0.15) is 5.76 Å². The van der Waals surface area contributed by atoms with Crippen LogP contribution in [0.2, 0.25) is 5.02 Å². The van der Waals surface area contributed by atoms with Gasteiger partial charge in [0.2, 0.25) is 0 Å². The molecule has 1 aliphatic carbocycles. The van der Waals surface area contributed by atoms with Crippen molar-refractivity contribution in [3.05, 3.63) is 58.5 Å². The lowest BCUT2D eigenvalue weighted by molar-refractivity contribution is 0.0880. The number of nitrogens with one attached hydrogen (secondary N) is 1. The van der Waals surface area contributed by atoms with Gasteiger partial charge in [0.15, 0.2) is 5.76 Å². The number of hydrogen-bond donors (Lipinski definition) is 1. The average Bonchev–Trinajstić information content (AvgIpc) is 3.08. The summed E-state index contributed by atoms with van der Waals surface area (Å²) < 4.78 is 5.73. The average molecular weight is 378 g/mol. The number of benzene rings is 1. The van der Waals surface area contributed by atoms with Crippen molar-refractivity contribution in [3.63, 3.8) is 0 Å². The number of carbonyl (C=O) groups is 1. The van der Waals surface area contributed by atoms with Crippen LogP contribution in [0.25, 0.3) is 0 Å². The normalized spacial score (nSPS) is 20.4. The summed E-state index contributed by atoms with van der Waals surface area (Å²) >= 11 is 7.65. The quantitative estimate of drug-likeness (QED) is 0.704. The zero-order chi connectivity index (χ0) is 17.6. The summed E-state index contributed by atoms with van der Waals surface area (Å²) in [5.41, 5.74) is 1.23. The number of halogens is 1. The van der Waals surface area contributed by atoms with Crippen molar-refractivity contribution in [2.45, 2.75) is 50.2 Å². The Morgan fingerprint density at radius 3 is 2.68 bits per heavy atom. The van der Waals surface area contributed by atoms with E-state index in [1.807, 2.05) is 30.3 Å². The molecule has 1 saturated carbocycles. The fraction of sp³-hybridized carbons (Fsp3) is 0.450. The first-order chi connectivity index (χ1) is 12.1. The molecule has 3 nitrogen and oxygen atoms in total. The van der Waals surface area contributed by atoms with Gasteiger partial charge >= 0.3 is 0 Å². The Morgan fingerprint density at radius 1 is 1.16 bits per heavy atom. The molecule has 1 amide bonds. The summed E-state index contributed by atoms with van der Waals surface area (Å²) in [6.45, 7) is 2.21. The second kappa shape index (κ2) is 8.81. The van der Waals surface area contributed by atoms with Crippen molar-refractivity contribution in [2.24, 2.45) is 5.92 Å². The van der Waals surface area contributed by atoms with E-state index >= 15 is 0 Å². The summed E-state index contributed by atoms with van der Waals surface area (Å²) in [5, 5.41) is 3.89. The van der Waals surface area contributed by atoms with E-state index in [-0.39, 0.29) is 11.9 Å². The van der Waals surface area contributed by atoms with E-state index in [1.54, 1.807) is 17.8 Å². The molecule has 0 radical (unpaired) electrons. The number of hydrogen-bond acceptors (Lipinski definition) is 3. The molecule has 0 aliphatic heterocycles. The van der Waals surface area contributed by atoms with Crippen molar-refractivity contribution in [1.82, 2.24) is 5.32 Å². The largest absolute Gasteiger partial charge is 0.455 e. The van der Waals surface area contributed by atoms with Gasteiger partial charge in [-0.05, 0) is 48.6 Å². The fourth-order valence-electron chi connectivity index (χ4n) is 3.20. The summed E-state index contributed by atoms with van der Waals surface area (Å²) in [5.74, 6) is 3.34. The van der Waals surface area contributed by atoms with Gasteiger partial charge in [-0.25, -0.2) is 0 Å². The summed E-state index contributed by atoms with van der Waals surface area (Å²) in [6, 6.07) is 11.8. The van der Waals surface area contributed by atoms with Crippen LogP contribution in [0.15, 0.2) is 40.8 Å². The van der Waals surface area contributed by atoms with E-state index in [0.29, 0.717) is 11.7 Å². The van der Waals surface area contributed by atoms with E-state index in [0.717, 1.165) is 28.7 Å². The molecular formula is C20H24ClNO2S. The third kappa shape index (κ3) is 5.29. The minimum atomic E-state index is -0.0901. The van der Waals surface area contributed by atoms with Crippen LogP contribution in [0.5, 0.6) is 0 Å². The first-order valence-electron chi connectivity index (χ1n) is 8.83. The highest BCUT2D eigenvalue weighted by Crippen LogP contribution is 2.25. The van der Waals surface area contributed by atoms with Crippen molar-refractivity contribution >= 4 is 29.3 Å². The highest BCUT2D eigenvalue weighted by molar-refractivity contribution is 7.97. The molecule has 0 spiro atoms. The molecule has 0 unspecified atom stereocenters. The van der Waals surface area contributed by atoms with Crippen LogP contribution in [-0.4, -0.2) is 11.9 Å². The standard InChI is InChI=1S/C20H24ClNO2S/c1-14-4-2-3-5-18(14)22-20(23)19-11-10-17(24-19)13-25-12-15-6-8-16(21)9-7-15/h6-11,14,18H,2-5,12-13H2,1H3,(H,22,23)/t14-,18-/m0/s1. The van der Waals surface area contributed by atoms with Crippen LogP contribution in [0, 0.1) is 5.92 Å². The number of carbonyl (C=O) groups excluding carboxylic acids is 1. The molecule has 25 heavy (non-hydrogen) atoms. The number of furan rings is 1. The van der Waals surface area contributed by atoms with Crippen LogP contribution >= 0.6 is 23.4 Å². The third-order valence-corrected chi connectivity index (χ3v) is 6.02. The molecule has 1 aromatic carbocycles. The molecule has 1 aliphatic rings. The van der Waals surface area contributed by atoms with Crippen LogP contribution in [0.3, 0.4) is 0 Å². The molecule has 3 rings (SSSR count). The Bertz CT molecular complexity index is 698. The summed E-state index contributed by atoms with van der Waals surface area (Å²) in [4.78, 5) is 12.4. The van der Waals surface area contributed by atoms with E-state index in [1.165, 1.54) is 24.8 Å². The minimum absolute atomic E-state index is 0.0901. The molecule has 0 saturated heterocycles. The van der Waals surface area contributed by atoms with E-state index in [4.69, 9.17) is 16.0 Å². The van der Waals surface area contributed by atoms with Crippen LogP contribution in [-0.2, 0) is 11.5 Å². The lowest BCUT2D eigenvalue weighted by Crippen LogP contribution is -2.40. The second-order valence-corrected chi connectivity index (χ2v) is 8.15. The lowest BCUT2D eigenvalue weighted by atomic mass is 9.86. The molecule has 5 heteroatoms. The maximum atomic E-state index is 12.4. The minimum Gasteiger partial charge on any atom is -0.455 e. The van der Waals surface area contributed by atoms with Gasteiger partial charge in [-0.3, -0.25) is 4.79 Å².